The number of likely N-dealkylation sites (N-methyl/N-ethyl adjacent to an activating group) is 1. The van der Waals surface area contributed by atoms with Crippen molar-refractivity contribution in [1.82, 2.24) is 20.4 Å². The molecule has 122 valence electrons. The molecule has 2 N–H and O–H groups in total. The molecule has 0 radical (unpaired) electrons. The summed E-state index contributed by atoms with van der Waals surface area (Å²) in [6.07, 6.45) is 4.56. The van der Waals surface area contributed by atoms with Crippen molar-refractivity contribution >= 4 is 5.91 Å². The lowest BCUT2D eigenvalue weighted by Gasteiger charge is -2.43. The first-order valence-corrected chi connectivity index (χ1v) is 8.44. The summed E-state index contributed by atoms with van der Waals surface area (Å²) < 4.78 is 0. The quantitative estimate of drug-likeness (QED) is 0.800. The summed E-state index contributed by atoms with van der Waals surface area (Å²) in [5.41, 5.74) is 0.0294. The van der Waals surface area contributed by atoms with E-state index in [0.29, 0.717) is 0 Å². The van der Waals surface area contributed by atoms with Crippen LogP contribution in [-0.2, 0) is 4.79 Å². The smallest absolute Gasteiger partial charge is 0.237 e. The molecule has 2 aliphatic heterocycles. The molecule has 2 fully saturated rings. The zero-order valence-corrected chi connectivity index (χ0v) is 14.0. The van der Waals surface area contributed by atoms with Crippen molar-refractivity contribution in [1.29, 1.82) is 0 Å². The molecular weight excluding hydrogens is 264 g/mol. The molecule has 2 rings (SSSR count). The average molecular weight is 296 g/mol. The molecule has 1 amide bonds. The van der Waals surface area contributed by atoms with Gasteiger partial charge in [0.2, 0.25) is 5.91 Å². The maximum absolute atomic E-state index is 12.3. The van der Waals surface area contributed by atoms with Crippen molar-refractivity contribution in [3.63, 3.8) is 0 Å². The molecular formula is C16H32N4O. The van der Waals surface area contributed by atoms with Gasteiger partial charge in [-0.1, -0.05) is 12.8 Å². The van der Waals surface area contributed by atoms with Gasteiger partial charge in [-0.3, -0.25) is 9.69 Å². The zero-order valence-electron chi connectivity index (χ0n) is 14.0. The van der Waals surface area contributed by atoms with Gasteiger partial charge in [0.05, 0.1) is 6.04 Å². The minimum atomic E-state index is 0.00999. The predicted molar refractivity (Wildman–Crippen MR) is 86.4 cm³/mol. The molecule has 0 aliphatic carbocycles. The maximum Gasteiger partial charge on any atom is 0.237 e. The minimum absolute atomic E-state index is 0.00999. The minimum Gasteiger partial charge on any atom is -0.353 e. The number of hydrogen-bond donors (Lipinski definition) is 2. The Morgan fingerprint density at radius 2 is 1.90 bits per heavy atom. The second kappa shape index (κ2) is 7.56. The number of amides is 1. The standard InChI is InChI=1S/C16H32N4O/c1-16(2,20-11-9-19(3)10-12-20)13-18-15(21)14-7-5-4-6-8-17-14/h14,17H,4-13H2,1-3H3,(H,18,21). The SMILES string of the molecule is CN1CCN(C(C)(C)CNC(=O)C2CCCCCN2)CC1. The molecule has 1 atom stereocenters. The van der Waals surface area contributed by atoms with Crippen molar-refractivity contribution in [2.45, 2.75) is 51.1 Å². The molecule has 2 saturated heterocycles. The van der Waals surface area contributed by atoms with Gasteiger partial charge >= 0.3 is 0 Å². The van der Waals surface area contributed by atoms with Gasteiger partial charge in [-0.15, -0.1) is 0 Å². The fourth-order valence-corrected chi connectivity index (χ4v) is 3.20. The van der Waals surface area contributed by atoms with Gasteiger partial charge in [-0.2, -0.15) is 0 Å². The van der Waals surface area contributed by atoms with Crippen LogP contribution < -0.4 is 10.6 Å². The van der Waals surface area contributed by atoms with Gasteiger partial charge in [0.1, 0.15) is 0 Å². The summed E-state index contributed by atoms with van der Waals surface area (Å²) in [6.45, 7) is 10.6. The normalized spacial score (nSPS) is 26.3. The van der Waals surface area contributed by atoms with Crippen LogP contribution in [0.3, 0.4) is 0 Å². The van der Waals surface area contributed by atoms with E-state index in [2.05, 4.69) is 41.3 Å². The third-order valence-corrected chi connectivity index (χ3v) is 4.93. The topological polar surface area (TPSA) is 47.6 Å². The Bertz CT molecular complexity index is 329. The van der Waals surface area contributed by atoms with Crippen LogP contribution in [-0.4, -0.2) is 73.6 Å². The highest BCUT2D eigenvalue weighted by Crippen LogP contribution is 2.16. The van der Waals surface area contributed by atoms with Crippen molar-refractivity contribution in [3.05, 3.63) is 0 Å². The fourth-order valence-electron chi connectivity index (χ4n) is 3.20. The van der Waals surface area contributed by atoms with Crippen LogP contribution in [0.15, 0.2) is 0 Å². The van der Waals surface area contributed by atoms with E-state index in [1.165, 1.54) is 12.8 Å². The third kappa shape index (κ3) is 4.94. The first kappa shape index (κ1) is 16.7. The van der Waals surface area contributed by atoms with Gasteiger partial charge < -0.3 is 15.5 Å². The first-order valence-electron chi connectivity index (χ1n) is 8.44. The van der Waals surface area contributed by atoms with E-state index >= 15 is 0 Å². The molecule has 0 saturated carbocycles. The average Bonchev–Trinajstić information content (AvgIpc) is 2.74. The predicted octanol–water partition coefficient (Wildman–Crippen LogP) is 0.661. The largest absolute Gasteiger partial charge is 0.353 e. The summed E-state index contributed by atoms with van der Waals surface area (Å²) in [5.74, 6) is 0.180. The van der Waals surface area contributed by atoms with Crippen LogP contribution in [0.1, 0.15) is 39.5 Å². The lowest BCUT2D eigenvalue weighted by atomic mass is 10.0. The summed E-state index contributed by atoms with van der Waals surface area (Å²) in [4.78, 5) is 17.2. The van der Waals surface area contributed by atoms with Gasteiger partial charge in [-0.05, 0) is 40.3 Å². The van der Waals surface area contributed by atoms with Gasteiger partial charge in [0.15, 0.2) is 0 Å². The van der Waals surface area contributed by atoms with Crippen LogP contribution in [0.2, 0.25) is 0 Å². The summed E-state index contributed by atoms with van der Waals surface area (Å²) in [7, 11) is 2.17. The maximum atomic E-state index is 12.3. The number of rotatable bonds is 4. The molecule has 1 unspecified atom stereocenters. The van der Waals surface area contributed by atoms with Crippen LogP contribution in [0.4, 0.5) is 0 Å². The highest BCUT2D eigenvalue weighted by atomic mass is 16.2. The van der Waals surface area contributed by atoms with Crippen molar-refractivity contribution in [2.24, 2.45) is 0 Å². The van der Waals surface area contributed by atoms with Crippen molar-refractivity contribution in [2.75, 3.05) is 46.3 Å². The molecule has 0 aromatic rings. The molecule has 2 heterocycles. The lowest BCUT2D eigenvalue weighted by molar-refractivity contribution is -0.123. The van der Waals surface area contributed by atoms with Crippen LogP contribution in [0, 0.1) is 0 Å². The molecule has 2 aliphatic rings. The summed E-state index contributed by atoms with van der Waals surface area (Å²) in [5, 5.41) is 6.54. The van der Waals surface area contributed by atoms with E-state index in [0.717, 1.165) is 52.1 Å². The van der Waals surface area contributed by atoms with Crippen molar-refractivity contribution in [3.8, 4) is 0 Å². The molecule has 0 aromatic carbocycles. The lowest BCUT2D eigenvalue weighted by Crippen LogP contribution is -2.59. The number of hydrogen-bond acceptors (Lipinski definition) is 4. The number of nitrogens with zero attached hydrogens (tertiary/aromatic N) is 2. The summed E-state index contributed by atoms with van der Waals surface area (Å²) >= 11 is 0. The first-order chi connectivity index (χ1) is 9.99. The molecule has 21 heavy (non-hydrogen) atoms. The van der Waals surface area contributed by atoms with E-state index in [-0.39, 0.29) is 17.5 Å². The van der Waals surface area contributed by atoms with E-state index in [4.69, 9.17) is 0 Å². The van der Waals surface area contributed by atoms with Crippen molar-refractivity contribution < 1.29 is 4.79 Å². The molecule has 0 bridgehead atoms. The number of carbonyl (C=O) groups is 1. The summed E-state index contributed by atoms with van der Waals surface area (Å²) in [6, 6.07) is 0.00999. The fraction of sp³-hybridized carbons (Fsp3) is 0.938. The van der Waals surface area contributed by atoms with E-state index in [1.807, 2.05) is 0 Å². The molecule has 5 nitrogen and oxygen atoms in total. The van der Waals surface area contributed by atoms with Gasteiger partial charge in [0, 0.05) is 38.3 Å². The zero-order chi connectivity index (χ0) is 15.3. The highest BCUT2D eigenvalue weighted by molar-refractivity contribution is 5.81. The van der Waals surface area contributed by atoms with Gasteiger partial charge in [0.25, 0.3) is 0 Å². The van der Waals surface area contributed by atoms with Crippen LogP contribution in [0.25, 0.3) is 0 Å². The Morgan fingerprint density at radius 3 is 2.62 bits per heavy atom. The molecule has 5 heteroatoms. The van der Waals surface area contributed by atoms with E-state index in [1.54, 1.807) is 0 Å². The monoisotopic (exact) mass is 296 g/mol. The molecule has 0 aromatic heterocycles. The highest BCUT2D eigenvalue weighted by Gasteiger charge is 2.30. The van der Waals surface area contributed by atoms with Crippen LogP contribution in [0.5, 0.6) is 0 Å². The van der Waals surface area contributed by atoms with Gasteiger partial charge in [-0.25, -0.2) is 0 Å². The van der Waals surface area contributed by atoms with E-state index < -0.39 is 0 Å². The second-order valence-electron chi connectivity index (χ2n) is 7.18. The number of nitrogens with one attached hydrogen (secondary N) is 2. The Balaban J connectivity index is 1.78. The number of piperazine rings is 1. The second-order valence-corrected chi connectivity index (χ2v) is 7.18. The Hall–Kier alpha value is -0.650. The third-order valence-electron chi connectivity index (χ3n) is 4.93. The number of carbonyl (C=O) groups excluding carboxylic acids is 1. The Morgan fingerprint density at radius 1 is 1.19 bits per heavy atom. The van der Waals surface area contributed by atoms with E-state index in [9.17, 15) is 4.79 Å². The molecule has 0 spiro atoms. The Kier molecular flexibility index (Phi) is 6.02. The Labute approximate surface area is 129 Å². The van der Waals surface area contributed by atoms with Crippen LogP contribution >= 0.6 is 0 Å².